The first-order valence-electron chi connectivity index (χ1n) is 4.89. The number of rotatable bonds is 3. The minimum atomic E-state index is -0.907. The van der Waals surface area contributed by atoms with E-state index in [1.165, 1.54) is 7.11 Å². The van der Waals surface area contributed by atoms with E-state index in [9.17, 15) is 4.79 Å². The summed E-state index contributed by atoms with van der Waals surface area (Å²) in [5.41, 5.74) is 0.583. The number of benzene rings is 1. The Morgan fingerprint density at radius 1 is 1.44 bits per heavy atom. The Morgan fingerprint density at radius 2 is 2.19 bits per heavy atom. The molecule has 0 spiro atoms. The Hall–Kier alpha value is -1.91. The number of carboxylic acids is 1. The Labute approximate surface area is 92.5 Å². The smallest absolute Gasteiger partial charge is 0.307 e. The molecule has 0 atom stereocenters. The summed E-state index contributed by atoms with van der Waals surface area (Å²) in [5, 5.41) is 8.76. The van der Waals surface area contributed by atoms with Crippen LogP contribution >= 0.6 is 0 Å². The molecule has 0 unspecified atom stereocenters. The summed E-state index contributed by atoms with van der Waals surface area (Å²) in [6.07, 6.45) is -0.0974. The van der Waals surface area contributed by atoms with Crippen LogP contribution in [0.1, 0.15) is 5.56 Å². The summed E-state index contributed by atoms with van der Waals surface area (Å²) in [4.78, 5) is 10.7. The molecule has 5 nitrogen and oxygen atoms in total. The maximum absolute atomic E-state index is 10.7. The quantitative estimate of drug-likeness (QED) is 0.832. The van der Waals surface area contributed by atoms with Gasteiger partial charge in [0.1, 0.15) is 13.2 Å². The van der Waals surface area contributed by atoms with Crippen LogP contribution in [0.4, 0.5) is 0 Å². The normalized spacial score (nSPS) is 13.3. The maximum Gasteiger partial charge on any atom is 0.307 e. The molecule has 1 aromatic carbocycles. The lowest BCUT2D eigenvalue weighted by Gasteiger charge is -2.21. The monoisotopic (exact) mass is 224 g/mol. The van der Waals surface area contributed by atoms with Gasteiger partial charge in [-0.15, -0.1) is 0 Å². The van der Waals surface area contributed by atoms with Crippen LogP contribution in [0.3, 0.4) is 0 Å². The second-order valence-corrected chi connectivity index (χ2v) is 3.35. The van der Waals surface area contributed by atoms with Crippen LogP contribution in [-0.4, -0.2) is 31.4 Å². The van der Waals surface area contributed by atoms with Crippen molar-refractivity contribution < 1.29 is 24.1 Å². The van der Waals surface area contributed by atoms with Crippen LogP contribution in [0.15, 0.2) is 12.1 Å². The first-order chi connectivity index (χ1) is 7.72. The summed E-state index contributed by atoms with van der Waals surface area (Å²) >= 11 is 0. The molecule has 0 saturated carbocycles. The van der Waals surface area contributed by atoms with Gasteiger partial charge in [0, 0.05) is 5.56 Å². The molecule has 1 aromatic rings. The zero-order valence-corrected chi connectivity index (χ0v) is 8.86. The fourth-order valence-corrected chi connectivity index (χ4v) is 1.66. The van der Waals surface area contributed by atoms with Crippen LogP contribution in [0.25, 0.3) is 0 Å². The van der Waals surface area contributed by atoms with Crippen molar-refractivity contribution >= 4 is 5.97 Å². The molecule has 1 N–H and O–H groups in total. The lowest BCUT2D eigenvalue weighted by atomic mass is 10.1. The minimum Gasteiger partial charge on any atom is -0.492 e. The third-order valence-electron chi connectivity index (χ3n) is 2.29. The molecule has 0 aliphatic carbocycles. The first-order valence-corrected chi connectivity index (χ1v) is 4.89. The van der Waals surface area contributed by atoms with Gasteiger partial charge in [-0.1, -0.05) is 6.07 Å². The summed E-state index contributed by atoms with van der Waals surface area (Å²) in [5.74, 6) is 0.624. The topological polar surface area (TPSA) is 65.0 Å². The third-order valence-corrected chi connectivity index (χ3v) is 2.29. The SMILES string of the molecule is COc1c(CC(=O)O)ccc2c1OCCO2. The molecule has 0 aromatic heterocycles. The highest BCUT2D eigenvalue weighted by Crippen LogP contribution is 2.41. The van der Waals surface area contributed by atoms with Gasteiger partial charge in [0.05, 0.1) is 13.5 Å². The first kappa shape index (κ1) is 10.6. The van der Waals surface area contributed by atoms with Gasteiger partial charge in [0.25, 0.3) is 0 Å². The number of hydrogen-bond acceptors (Lipinski definition) is 4. The number of carbonyl (C=O) groups is 1. The molecule has 86 valence electrons. The van der Waals surface area contributed by atoms with E-state index in [2.05, 4.69) is 0 Å². The molecule has 0 saturated heterocycles. The van der Waals surface area contributed by atoms with Gasteiger partial charge in [-0.25, -0.2) is 0 Å². The van der Waals surface area contributed by atoms with Crippen LogP contribution in [0.5, 0.6) is 17.2 Å². The van der Waals surface area contributed by atoms with Gasteiger partial charge in [-0.2, -0.15) is 0 Å². The van der Waals surface area contributed by atoms with E-state index in [0.29, 0.717) is 36.0 Å². The van der Waals surface area contributed by atoms with E-state index in [1.807, 2.05) is 0 Å². The molecule has 2 rings (SSSR count). The average Bonchev–Trinajstić information content (AvgIpc) is 2.28. The molecular weight excluding hydrogens is 212 g/mol. The second-order valence-electron chi connectivity index (χ2n) is 3.35. The highest BCUT2D eigenvalue weighted by atomic mass is 16.6. The molecular formula is C11H12O5. The highest BCUT2D eigenvalue weighted by molar-refractivity contribution is 5.73. The van der Waals surface area contributed by atoms with Crippen molar-refractivity contribution in [2.75, 3.05) is 20.3 Å². The number of methoxy groups -OCH3 is 1. The van der Waals surface area contributed by atoms with Gasteiger partial charge < -0.3 is 19.3 Å². The molecule has 16 heavy (non-hydrogen) atoms. The van der Waals surface area contributed by atoms with E-state index >= 15 is 0 Å². The largest absolute Gasteiger partial charge is 0.492 e. The summed E-state index contributed by atoms with van der Waals surface area (Å²) < 4.78 is 16.0. The van der Waals surface area contributed by atoms with Crippen LogP contribution in [0, 0.1) is 0 Å². The third kappa shape index (κ3) is 1.88. The molecule has 0 radical (unpaired) electrons. The molecule has 0 bridgehead atoms. The number of ether oxygens (including phenoxy) is 3. The van der Waals surface area contributed by atoms with E-state index in [1.54, 1.807) is 12.1 Å². The lowest BCUT2D eigenvalue weighted by Crippen LogP contribution is -2.16. The summed E-state index contributed by atoms with van der Waals surface area (Å²) in [6, 6.07) is 3.38. The predicted octanol–water partition coefficient (Wildman–Crippen LogP) is 1.09. The van der Waals surface area contributed by atoms with Crippen molar-refractivity contribution in [1.29, 1.82) is 0 Å². The van der Waals surface area contributed by atoms with Crippen molar-refractivity contribution in [3.05, 3.63) is 17.7 Å². The van der Waals surface area contributed by atoms with Crippen molar-refractivity contribution in [2.24, 2.45) is 0 Å². The van der Waals surface area contributed by atoms with Gasteiger partial charge in [0.2, 0.25) is 5.75 Å². The Kier molecular flexibility index (Phi) is 2.85. The Balaban J connectivity index is 2.43. The number of hydrogen-bond donors (Lipinski definition) is 1. The van der Waals surface area contributed by atoms with Gasteiger partial charge in [-0.3, -0.25) is 4.79 Å². The number of fused-ring (bicyclic) bond motifs is 1. The molecule has 1 aliphatic rings. The second kappa shape index (κ2) is 4.30. The van der Waals surface area contributed by atoms with E-state index in [-0.39, 0.29) is 6.42 Å². The molecule has 0 fully saturated rings. The van der Waals surface area contributed by atoms with E-state index in [4.69, 9.17) is 19.3 Å². The van der Waals surface area contributed by atoms with E-state index in [0.717, 1.165) is 0 Å². The van der Waals surface area contributed by atoms with E-state index < -0.39 is 5.97 Å². The fourth-order valence-electron chi connectivity index (χ4n) is 1.66. The maximum atomic E-state index is 10.7. The van der Waals surface area contributed by atoms with Crippen molar-refractivity contribution in [2.45, 2.75) is 6.42 Å². The molecule has 0 amide bonds. The number of carboxylic acid groups (broad SMARTS) is 1. The lowest BCUT2D eigenvalue weighted by molar-refractivity contribution is -0.136. The Bertz CT molecular complexity index is 413. The van der Waals surface area contributed by atoms with Crippen LogP contribution in [0.2, 0.25) is 0 Å². The molecule has 1 heterocycles. The van der Waals surface area contributed by atoms with Gasteiger partial charge in [-0.05, 0) is 6.07 Å². The van der Waals surface area contributed by atoms with Crippen LogP contribution < -0.4 is 14.2 Å². The highest BCUT2D eigenvalue weighted by Gasteiger charge is 2.21. The molecule has 5 heteroatoms. The average molecular weight is 224 g/mol. The zero-order chi connectivity index (χ0) is 11.5. The molecule has 1 aliphatic heterocycles. The van der Waals surface area contributed by atoms with Crippen LogP contribution in [-0.2, 0) is 11.2 Å². The summed E-state index contributed by atoms with van der Waals surface area (Å²) in [6.45, 7) is 0.939. The Morgan fingerprint density at radius 3 is 2.88 bits per heavy atom. The number of aliphatic carboxylic acids is 1. The minimum absolute atomic E-state index is 0.0974. The van der Waals surface area contributed by atoms with Gasteiger partial charge >= 0.3 is 5.97 Å². The van der Waals surface area contributed by atoms with Crippen molar-refractivity contribution in [3.8, 4) is 17.2 Å². The fraction of sp³-hybridized carbons (Fsp3) is 0.364. The standard InChI is InChI=1S/C11H12O5/c1-14-10-7(6-9(12)13)2-3-8-11(10)16-5-4-15-8/h2-3H,4-6H2,1H3,(H,12,13). The predicted molar refractivity (Wildman–Crippen MR) is 55.3 cm³/mol. The van der Waals surface area contributed by atoms with Gasteiger partial charge in [0.15, 0.2) is 11.5 Å². The van der Waals surface area contributed by atoms with Crippen molar-refractivity contribution in [3.63, 3.8) is 0 Å². The summed E-state index contributed by atoms with van der Waals surface area (Å²) in [7, 11) is 1.49. The van der Waals surface area contributed by atoms with Crippen molar-refractivity contribution in [1.82, 2.24) is 0 Å². The zero-order valence-electron chi connectivity index (χ0n) is 8.86.